The summed E-state index contributed by atoms with van der Waals surface area (Å²) < 4.78 is 36.4. The second kappa shape index (κ2) is 5.32. The number of nitrogens with one attached hydrogen (secondary N) is 1. The molecule has 0 fully saturated rings. The third-order valence-electron chi connectivity index (χ3n) is 2.89. The van der Waals surface area contributed by atoms with Crippen LogP contribution >= 0.6 is 0 Å². The molecule has 1 unspecified atom stereocenters. The highest BCUT2D eigenvalue weighted by atomic mass is 32.2. The summed E-state index contributed by atoms with van der Waals surface area (Å²) in [7, 11) is -3.63. The van der Waals surface area contributed by atoms with Gasteiger partial charge in [0.05, 0.1) is 5.75 Å². The first kappa shape index (κ1) is 14.6. The van der Waals surface area contributed by atoms with Gasteiger partial charge in [0.25, 0.3) is 5.91 Å². The summed E-state index contributed by atoms with van der Waals surface area (Å²) in [6, 6.07) is 6.93. The fraction of sp³-hybridized carbons (Fsp3) is 0.462. The maximum absolute atomic E-state index is 12.1. The molecule has 20 heavy (non-hydrogen) atoms. The van der Waals surface area contributed by atoms with Gasteiger partial charge in [-0.2, -0.15) is 0 Å². The lowest BCUT2D eigenvalue weighted by molar-refractivity contribution is -0.138. The molecule has 0 aliphatic carbocycles. The van der Waals surface area contributed by atoms with Crippen LogP contribution in [0, 0.1) is 0 Å². The van der Waals surface area contributed by atoms with E-state index in [0.717, 1.165) is 0 Å². The number of para-hydroxylation sites is 2. The van der Waals surface area contributed by atoms with Gasteiger partial charge in [0.1, 0.15) is 6.61 Å². The third kappa shape index (κ3) is 3.04. The minimum absolute atomic E-state index is 0.0442. The van der Waals surface area contributed by atoms with Crippen molar-refractivity contribution in [3.05, 3.63) is 24.3 Å². The Hall–Kier alpha value is -1.76. The van der Waals surface area contributed by atoms with Gasteiger partial charge in [-0.25, -0.2) is 13.1 Å². The third-order valence-corrected chi connectivity index (χ3v) is 4.33. The number of carbonyl (C=O) groups excluding carboxylic acids is 1. The molecule has 0 saturated carbocycles. The van der Waals surface area contributed by atoms with E-state index in [2.05, 4.69) is 0 Å². The number of rotatable bonds is 4. The molecule has 7 heteroatoms. The normalized spacial score (nSPS) is 21.3. The number of benzene rings is 1. The summed E-state index contributed by atoms with van der Waals surface area (Å²) in [6.45, 7) is 3.18. The van der Waals surface area contributed by atoms with Gasteiger partial charge in [-0.15, -0.1) is 0 Å². The molecule has 0 radical (unpaired) electrons. The Labute approximate surface area is 118 Å². The van der Waals surface area contributed by atoms with Crippen molar-refractivity contribution in [1.82, 2.24) is 4.72 Å². The van der Waals surface area contributed by atoms with Crippen molar-refractivity contribution in [2.45, 2.75) is 25.9 Å². The first-order chi connectivity index (χ1) is 9.36. The van der Waals surface area contributed by atoms with Crippen LogP contribution in [0.15, 0.2) is 24.3 Å². The van der Waals surface area contributed by atoms with Crippen LogP contribution in [0.2, 0.25) is 0 Å². The summed E-state index contributed by atoms with van der Waals surface area (Å²) in [5.41, 5.74) is -1.37. The molecular weight excluding hydrogens is 282 g/mol. The topological polar surface area (TPSA) is 81.7 Å². The highest BCUT2D eigenvalue weighted by molar-refractivity contribution is 7.90. The molecule has 1 aliphatic rings. The van der Waals surface area contributed by atoms with Gasteiger partial charge in [-0.05, 0) is 25.5 Å². The molecule has 1 amide bonds. The summed E-state index contributed by atoms with van der Waals surface area (Å²) in [6.07, 6.45) is 0.430. The van der Waals surface area contributed by atoms with Crippen LogP contribution in [0.25, 0.3) is 0 Å². The van der Waals surface area contributed by atoms with Crippen molar-refractivity contribution in [1.29, 1.82) is 0 Å². The summed E-state index contributed by atoms with van der Waals surface area (Å²) >= 11 is 0. The zero-order chi connectivity index (χ0) is 14.8. The Morgan fingerprint density at radius 2 is 2.00 bits per heavy atom. The zero-order valence-corrected chi connectivity index (χ0v) is 12.2. The monoisotopic (exact) mass is 299 g/mol. The molecule has 1 aliphatic heterocycles. The van der Waals surface area contributed by atoms with Crippen LogP contribution in [0.5, 0.6) is 11.5 Å². The van der Waals surface area contributed by atoms with E-state index in [4.69, 9.17) is 9.47 Å². The van der Waals surface area contributed by atoms with Crippen molar-refractivity contribution in [3.63, 3.8) is 0 Å². The Kier molecular flexibility index (Phi) is 3.89. The van der Waals surface area contributed by atoms with E-state index in [-0.39, 0.29) is 12.4 Å². The number of hydrogen-bond acceptors (Lipinski definition) is 5. The van der Waals surface area contributed by atoms with Gasteiger partial charge in [-0.3, -0.25) is 4.79 Å². The highest BCUT2D eigenvalue weighted by Gasteiger charge is 2.42. The van der Waals surface area contributed by atoms with Gasteiger partial charge in [0.2, 0.25) is 15.6 Å². The Morgan fingerprint density at radius 1 is 1.35 bits per heavy atom. The second-order valence-electron chi connectivity index (χ2n) is 4.82. The maximum atomic E-state index is 12.1. The van der Waals surface area contributed by atoms with Crippen molar-refractivity contribution < 1.29 is 22.7 Å². The average molecular weight is 299 g/mol. The van der Waals surface area contributed by atoms with E-state index in [9.17, 15) is 13.2 Å². The molecule has 1 atom stereocenters. The van der Waals surface area contributed by atoms with Crippen LogP contribution in [0.4, 0.5) is 0 Å². The Balaban J connectivity index is 2.15. The minimum atomic E-state index is -3.63. The van der Waals surface area contributed by atoms with Crippen molar-refractivity contribution in [3.8, 4) is 11.5 Å². The number of hydrogen-bond donors (Lipinski definition) is 1. The standard InChI is InChI=1S/C13H17NO5S/c1-3-8-20(16,17)14-12(15)13(2)9-18-10-6-4-5-7-11(10)19-13/h4-7H,3,8-9H2,1-2H3,(H,14,15). The molecule has 0 spiro atoms. The van der Waals surface area contributed by atoms with Gasteiger partial charge in [0.15, 0.2) is 11.5 Å². The Morgan fingerprint density at radius 3 is 2.65 bits per heavy atom. The number of ether oxygens (including phenoxy) is 2. The fourth-order valence-corrected chi connectivity index (χ4v) is 2.96. The van der Waals surface area contributed by atoms with Gasteiger partial charge >= 0.3 is 0 Å². The second-order valence-corrected chi connectivity index (χ2v) is 6.66. The quantitative estimate of drug-likeness (QED) is 0.899. The first-order valence-corrected chi connectivity index (χ1v) is 7.97. The lowest BCUT2D eigenvalue weighted by atomic mass is 10.1. The SMILES string of the molecule is CCCS(=O)(=O)NC(=O)C1(C)COc2ccccc2O1. The van der Waals surface area contributed by atoms with E-state index in [1.54, 1.807) is 31.2 Å². The van der Waals surface area contributed by atoms with E-state index >= 15 is 0 Å². The number of sulfonamides is 1. The van der Waals surface area contributed by atoms with Crippen molar-refractivity contribution >= 4 is 15.9 Å². The molecule has 0 aromatic heterocycles. The smallest absolute Gasteiger partial charge is 0.280 e. The van der Waals surface area contributed by atoms with Crippen LogP contribution < -0.4 is 14.2 Å². The molecule has 1 aromatic carbocycles. The Bertz CT molecular complexity index is 613. The molecule has 1 heterocycles. The van der Waals surface area contributed by atoms with Crippen molar-refractivity contribution in [2.24, 2.45) is 0 Å². The van der Waals surface area contributed by atoms with Crippen molar-refractivity contribution in [2.75, 3.05) is 12.4 Å². The van der Waals surface area contributed by atoms with E-state index in [1.807, 2.05) is 4.72 Å². The molecule has 6 nitrogen and oxygen atoms in total. The molecule has 1 aromatic rings. The van der Waals surface area contributed by atoms with E-state index in [1.165, 1.54) is 6.92 Å². The molecule has 0 bridgehead atoms. The van der Waals surface area contributed by atoms with Gasteiger partial charge in [0, 0.05) is 0 Å². The molecule has 1 N–H and O–H groups in total. The average Bonchev–Trinajstić information content (AvgIpc) is 2.37. The largest absolute Gasteiger partial charge is 0.485 e. The summed E-state index contributed by atoms with van der Waals surface area (Å²) in [4.78, 5) is 12.1. The number of carbonyl (C=O) groups is 1. The predicted molar refractivity (Wildman–Crippen MR) is 73.2 cm³/mol. The van der Waals surface area contributed by atoms with Crippen LogP contribution in [0.1, 0.15) is 20.3 Å². The van der Waals surface area contributed by atoms with E-state index < -0.39 is 21.5 Å². The lowest BCUT2D eigenvalue weighted by Gasteiger charge is -2.33. The molecule has 0 saturated heterocycles. The van der Waals surface area contributed by atoms with Crippen LogP contribution in [-0.2, 0) is 14.8 Å². The predicted octanol–water partition coefficient (Wildman–Crippen LogP) is 1.07. The van der Waals surface area contributed by atoms with Crippen LogP contribution in [0.3, 0.4) is 0 Å². The summed E-state index contributed by atoms with van der Waals surface area (Å²) in [5.74, 6) is 0.130. The zero-order valence-electron chi connectivity index (χ0n) is 11.4. The lowest BCUT2D eigenvalue weighted by Crippen LogP contribution is -2.55. The molecule has 110 valence electrons. The highest BCUT2D eigenvalue weighted by Crippen LogP contribution is 2.34. The van der Waals surface area contributed by atoms with Gasteiger partial charge in [-0.1, -0.05) is 19.1 Å². The summed E-state index contributed by atoms with van der Waals surface area (Å²) in [5, 5.41) is 0. The molecule has 2 rings (SSSR count). The fourth-order valence-electron chi connectivity index (χ4n) is 1.82. The molecular formula is C13H17NO5S. The van der Waals surface area contributed by atoms with E-state index in [0.29, 0.717) is 17.9 Å². The number of amides is 1. The number of fused-ring (bicyclic) bond motifs is 1. The maximum Gasteiger partial charge on any atom is 0.280 e. The minimum Gasteiger partial charge on any atom is -0.485 e. The first-order valence-electron chi connectivity index (χ1n) is 6.32. The van der Waals surface area contributed by atoms with Gasteiger partial charge < -0.3 is 9.47 Å². The van der Waals surface area contributed by atoms with Crippen LogP contribution in [-0.4, -0.2) is 32.3 Å².